The maximum Gasteiger partial charge on any atom is 0.232 e. The molecule has 1 aliphatic rings. The average Bonchev–Trinajstić information content (AvgIpc) is 2.81. The molecule has 0 aromatic heterocycles. The van der Waals surface area contributed by atoms with Crippen molar-refractivity contribution in [1.82, 2.24) is 0 Å². The lowest BCUT2D eigenvalue weighted by atomic mass is 9.91. The predicted molar refractivity (Wildman–Crippen MR) is 83.3 cm³/mol. The SMILES string of the molecule is CCC1C(=O)Nc2c1cc(C)cc2C(O)c1ccccc1. The molecule has 0 spiro atoms. The van der Waals surface area contributed by atoms with Crippen molar-refractivity contribution < 1.29 is 9.90 Å². The van der Waals surface area contributed by atoms with E-state index < -0.39 is 6.10 Å². The minimum Gasteiger partial charge on any atom is -0.384 e. The van der Waals surface area contributed by atoms with E-state index in [0.29, 0.717) is 0 Å². The number of hydrogen-bond acceptors (Lipinski definition) is 2. The first-order chi connectivity index (χ1) is 10.1. The number of benzene rings is 2. The van der Waals surface area contributed by atoms with Crippen molar-refractivity contribution in [2.45, 2.75) is 32.3 Å². The zero-order chi connectivity index (χ0) is 15.0. The Morgan fingerprint density at radius 2 is 1.95 bits per heavy atom. The first kappa shape index (κ1) is 13.8. The van der Waals surface area contributed by atoms with Crippen LogP contribution < -0.4 is 5.32 Å². The fourth-order valence-corrected chi connectivity index (χ4v) is 3.05. The molecule has 0 saturated carbocycles. The molecule has 2 unspecified atom stereocenters. The zero-order valence-corrected chi connectivity index (χ0v) is 12.3. The number of hydrogen-bond donors (Lipinski definition) is 2. The summed E-state index contributed by atoms with van der Waals surface area (Å²) in [5, 5.41) is 13.6. The highest BCUT2D eigenvalue weighted by Crippen LogP contribution is 2.41. The topological polar surface area (TPSA) is 49.3 Å². The lowest BCUT2D eigenvalue weighted by Crippen LogP contribution is -2.11. The van der Waals surface area contributed by atoms with Crippen molar-refractivity contribution >= 4 is 11.6 Å². The van der Waals surface area contributed by atoms with Gasteiger partial charge in [0.25, 0.3) is 0 Å². The Morgan fingerprint density at radius 1 is 1.24 bits per heavy atom. The normalized spacial score (nSPS) is 18.2. The fraction of sp³-hybridized carbons (Fsp3) is 0.278. The number of carbonyl (C=O) groups excluding carboxylic acids is 1. The summed E-state index contributed by atoms with van der Waals surface area (Å²) in [5.41, 5.74) is 4.47. The Kier molecular flexibility index (Phi) is 3.52. The molecule has 2 aromatic carbocycles. The largest absolute Gasteiger partial charge is 0.384 e. The first-order valence-corrected chi connectivity index (χ1v) is 7.30. The van der Waals surface area contributed by atoms with Crippen molar-refractivity contribution in [2.75, 3.05) is 5.32 Å². The second-order valence-electron chi connectivity index (χ2n) is 5.58. The van der Waals surface area contributed by atoms with Gasteiger partial charge in [-0.3, -0.25) is 4.79 Å². The summed E-state index contributed by atoms with van der Waals surface area (Å²) in [4.78, 5) is 12.1. The minimum atomic E-state index is -0.726. The summed E-state index contributed by atoms with van der Waals surface area (Å²) in [6, 6.07) is 13.5. The van der Waals surface area contributed by atoms with Gasteiger partial charge >= 0.3 is 0 Å². The number of nitrogens with one attached hydrogen (secondary N) is 1. The molecular formula is C18H19NO2. The lowest BCUT2D eigenvalue weighted by Gasteiger charge is -2.17. The summed E-state index contributed by atoms with van der Waals surface area (Å²) in [7, 11) is 0. The van der Waals surface area contributed by atoms with Gasteiger partial charge in [-0.05, 0) is 24.5 Å². The third-order valence-electron chi connectivity index (χ3n) is 4.10. The number of aliphatic hydroxyl groups is 1. The number of fused-ring (bicyclic) bond motifs is 1. The molecule has 3 nitrogen and oxygen atoms in total. The Labute approximate surface area is 124 Å². The van der Waals surface area contributed by atoms with Crippen molar-refractivity contribution in [1.29, 1.82) is 0 Å². The Balaban J connectivity index is 2.11. The van der Waals surface area contributed by atoms with Gasteiger partial charge in [-0.2, -0.15) is 0 Å². The van der Waals surface area contributed by atoms with E-state index in [-0.39, 0.29) is 11.8 Å². The van der Waals surface area contributed by atoms with E-state index in [1.807, 2.05) is 56.3 Å². The summed E-state index contributed by atoms with van der Waals surface area (Å²) in [5.74, 6) is -0.0822. The number of aryl methyl sites for hydroxylation is 1. The average molecular weight is 281 g/mol. The van der Waals surface area contributed by atoms with Crippen LogP contribution in [0.1, 0.15) is 47.6 Å². The lowest BCUT2D eigenvalue weighted by molar-refractivity contribution is -0.117. The second-order valence-corrected chi connectivity index (χ2v) is 5.58. The van der Waals surface area contributed by atoms with E-state index in [1.165, 1.54) is 0 Å². The van der Waals surface area contributed by atoms with E-state index >= 15 is 0 Å². The Bertz CT molecular complexity index is 679. The van der Waals surface area contributed by atoms with Crippen LogP contribution in [0.2, 0.25) is 0 Å². The molecule has 0 aliphatic carbocycles. The van der Waals surface area contributed by atoms with Gasteiger partial charge in [0.2, 0.25) is 5.91 Å². The summed E-state index contributed by atoms with van der Waals surface area (Å²) in [6.07, 6.45) is 0.0409. The summed E-state index contributed by atoms with van der Waals surface area (Å²) in [6.45, 7) is 4.01. The minimum absolute atomic E-state index is 0.0274. The maximum absolute atomic E-state index is 12.1. The van der Waals surface area contributed by atoms with Gasteiger partial charge < -0.3 is 10.4 Å². The number of aliphatic hydroxyl groups excluding tert-OH is 1. The maximum atomic E-state index is 12.1. The van der Waals surface area contributed by atoms with E-state index in [0.717, 1.165) is 34.4 Å². The van der Waals surface area contributed by atoms with Gasteiger partial charge in [-0.25, -0.2) is 0 Å². The van der Waals surface area contributed by atoms with E-state index in [2.05, 4.69) is 5.32 Å². The highest BCUT2D eigenvalue weighted by atomic mass is 16.3. The van der Waals surface area contributed by atoms with Crippen molar-refractivity contribution in [3.63, 3.8) is 0 Å². The Morgan fingerprint density at radius 3 is 2.62 bits per heavy atom. The van der Waals surface area contributed by atoms with Crippen LogP contribution in [0.25, 0.3) is 0 Å². The molecule has 1 heterocycles. The molecular weight excluding hydrogens is 262 g/mol. The number of amides is 1. The predicted octanol–water partition coefficient (Wildman–Crippen LogP) is 3.52. The van der Waals surface area contributed by atoms with Crippen LogP contribution >= 0.6 is 0 Å². The molecule has 0 saturated heterocycles. The van der Waals surface area contributed by atoms with Gasteiger partial charge in [0.1, 0.15) is 6.10 Å². The van der Waals surface area contributed by atoms with E-state index in [9.17, 15) is 9.90 Å². The monoisotopic (exact) mass is 281 g/mol. The number of carbonyl (C=O) groups is 1. The molecule has 0 bridgehead atoms. The molecule has 3 heteroatoms. The fourth-order valence-electron chi connectivity index (χ4n) is 3.05. The first-order valence-electron chi connectivity index (χ1n) is 7.30. The van der Waals surface area contributed by atoms with Crippen LogP contribution in [0.15, 0.2) is 42.5 Å². The molecule has 0 fully saturated rings. The van der Waals surface area contributed by atoms with Crippen molar-refractivity contribution in [3.05, 3.63) is 64.7 Å². The number of rotatable bonds is 3. The van der Waals surface area contributed by atoms with Gasteiger partial charge in [0.05, 0.1) is 11.6 Å². The van der Waals surface area contributed by atoms with E-state index in [4.69, 9.17) is 0 Å². The molecule has 2 atom stereocenters. The van der Waals surface area contributed by atoms with Gasteiger partial charge in [0, 0.05) is 5.56 Å². The molecule has 3 rings (SSSR count). The van der Waals surface area contributed by atoms with Crippen LogP contribution in [0.4, 0.5) is 5.69 Å². The summed E-state index contributed by atoms with van der Waals surface area (Å²) >= 11 is 0. The number of anilines is 1. The van der Waals surface area contributed by atoms with Gasteiger partial charge in [0.15, 0.2) is 0 Å². The highest BCUT2D eigenvalue weighted by molar-refractivity contribution is 6.04. The third-order valence-corrected chi connectivity index (χ3v) is 4.10. The van der Waals surface area contributed by atoms with Gasteiger partial charge in [-0.15, -0.1) is 0 Å². The second kappa shape index (κ2) is 5.34. The quantitative estimate of drug-likeness (QED) is 0.904. The molecule has 1 aliphatic heterocycles. The van der Waals surface area contributed by atoms with Crippen molar-refractivity contribution in [3.8, 4) is 0 Å². The highest BCUT2D eigenvalue weighted by Gasteiger charge is 2.32. The van der Waals surface area contributed by atoms with Crippen LogP contribution in [-0.4, -0.2) is 11.0 Å². The van der Waals surface area contributed by atoms with Crippen LogP contribution in [-0.2, 0) is 4.79 Å². The van der Waals surface area contributed by atoms with E-state index in [1.54, 1.807) is 0 Å². The van der Waals surface area contributed by atoms with Gasteiger partial charge in [-0.1, -0.05) is 55.0 Å². The zero-order valence-electron chi connectivity index (χ0n) is 12.3. The smallest absolute Gasteiger partial charge is 0.232 e. The molecule has 1 amide bonds. The third kappa shape index (κ3) is 2.34. The Hall–Kier alpha value is -2.13. The summed E-state index contributed by atoms with van der Waals surface area (Å²) < 4.78 is 0. The standard InChI is InChI=1S/C18H19NO2/c1-3-13-14-9-11(2)10-15(16(14)19-18(13)21)17(20)12-7-5-4-6-8-12/h4-10,13,17,20H,3H2,1-2H3,(H,19,21). The molecule has 0 radical (unpaired) electrons. The van der Waals surface area contributed by atoms with Crippen LogP contribution in [0.5, 0.6) is 0 Å². The molecule has 2 N–H and O–H groups in total. The molecule has 21 heavy (non-hydrogen) atoms. The van der Waals surface area contributed by atoms with Crippen LogP contribution in [0.3, 0.4) is 0 Å². The molecule has 2 aromatic rings. The van der Waals surface area contributed by atoms with Crippen molar-refractivity contribution in [2.24, 2.45) is 0 Å². The molecule has 108 valence electrons. The van der Waals surface area contributed by atoms with Crippen LogP contribution in [0, 0.1) is 6.92 Å².